The van der Waals surface area contributed by atoms with Crippen molar-refractivity contribution in [2.45, 2.75) is 45.6 Å². The van der Waals surface area contributed by atoms with Crippen molar-refractivity contribution in [3.8, 4) is 11.5 Å². The van der Waals surface area contributed by atoms with Crippen LogP contribution in [0.5, 0.6) is 11.5 Å². The highest BCUT2D eigenvalue weighted by atomic mass is 19.4. The zero-order valence-corrected chi connectivity index (χ0v) is 15.3. The summed E-state index contributed by atoms with van der Waals surface area (Å²) in [4.78, 5) is 4.41. The Balaban J connectivity index is 1.77. The smallest absolute Gasteiger partial charge is 0.489 e. The number of nitrogens with zero attached hydrogens (tertiary/aromatic N) is 1. The third-order valence-corrected chi connectivity index (χ3v) is 3.82. The molecule has 0 radical (unpaired) electrons. The molecule has 0 bridgehead atoms. The minimum atomic E-state index is -4.68. The SMILES string of the molecule is CCCCCC/N=C/c1ccc(OCc2ccc(OC(F)(F)F)cc2)cc1. The monoisotopic (exact) mass is 379 g/mol. The van der Waals surface area contributed by atoms with E-state index in [1.807, 2.05) is 30.5 Å². The topological polar surface area (TPSA) is 30.8 Å². The average molecular weight is 379 g/mol. The number of hydrogen-bond donors (Lipinski definition) is 0. The van der Waals surface area contributed by atoms with Crippen molar-refractivity contribution in [3.63, 3.8) is 0 Å². The molecule has 2 aromatic carbocycles. The Kier molecular flexibility index (Phi) is 8.17. The number of aliphatic imine (C=N–C) groups is 1. The largest absolute Gasteiger partial charge is 0.573 e. The molecule has 0 spiro atoms. The first-order chi connectivity index (χ1) is 13.0. The van der Waals surface area contributed by atoms with Crippen molar-refractivity contribution in [1.29, 1.82) is 0 Å². The van der Waals surface area contributed by atoms with Gasteiger partial charge in [0.05, 0.1) is 0 Å². The van der Waals surface area contributed by atoms with Gasteiger partial charge in [0.2, 0.25) is 0 Å². The van der Waals surface area contributed by atoms with Crippen molar-refractivity contribution in [2.24, 2.45) is 4.99 Å². The molecule has 0 aliphatic carbocycles. The third kappa shape index (κ3) is 8.62. The Labute approximate surface area is 157 Å². The summed E-state index contributed by atoms with van der Waals surface area (Å²) in [5.41, 5.74) is 1.76. The Morgan fingerprint density at radius 2 is 1.56 bits per heavy atom. The number of ether oxygens (including phenoxy) is 2. The predicted molar refractivity (Wildman–Crippen MR) is 101 cm³/mol. The van der Waals surface area contributed by atoms with Crippen LogP contribution in [0.4, 0.5) is 13.2 Å². The number of halogens is 3. The zero-order chi connectivity index (χ0) is 19.5. The second-order valence-electron chi connectivity index (χ2n) is 6.15. The average Bonchev–Trinajstić information content (AvgIpc) is 2.64. The molecule has 2 aromatic rings. The molecule has 0 unspecified atom stereocenters. The quantitative estimate of drug-likeness (QED) is 0.365. The zero-order valence-electron chi connectivity index (χ0n) is 15.3. The molecule has 3 nitrogen and oxygen atoms in total. The molecule has 0 aliphatic rings. The first-order valence-corrected chi connectivity index (χ1v) is 9.03. The van der Waals surface area contributed by atoms with Crippen LogP contribution in [0, 0.1) is 0 Å². The fourth-order valence-electron chi connectivity index (χ4n) is 2.40. The van der Waals surface area contributed by atoms with Gasteiger partial charge in [0.1, 0.15) is 18.1 Å². The summed E-state index contributed by atoms with van der Waals surface area (Å²) in [6.45, 7) is 3.29. The van der Waals surface area contributed by atoms with Crippen LogP contribution in [0.2, 0.25) is 0 Å². The second-order valence-corrected chi connectivity index (χ2v) is 6.15. The maximum atomic E-state index is 12.1. The van der Waals surface area contributed by atoms with Crippen LogP contribution in [-0.2, 0) is 6.61 Å². The van der Waals surface area contributed by atoms with E-state index in [0.717, 1.165) is 24.1 Å². The highest BCUT2D eigenvalue weighted by Crippen LogP contribution is 2.23. The molecule has 2 rings (SSSR count). The summed E-state index contributed by atoms with van der Waals surface area (Å²) in [6, 6.07) is 13.2. The van der Waals surface area contributed by atoms with E-state index in [1.165, 1.54) is 31.4 Å². The van der Waals surface area contributed by atoms with E-state index in [-0.39, 0.29) is 12.4 Å². The predicted octanol–water partition coefficient (Wildman–Crippen LogP) is 6.16. The molecule has 0 heterocycles. The standard InChI is InChI=1S/C21H24F3NO2/c1-2-3-4-5-14-25-15-17-6-10-19(11-7-17)26-16-18-8-12-20(13-9-18)27-21(22,23)24/h6-13,15H,2-5,14,16H2,1H3/b25-15+. The summed E-state index contributed by atoms with van der Waals surface area (Å²) in [6.07, 6.45) is 1.96. The Bertz CT molecular complexity index is 695. The van der Waals surface area contributed by atoms with E-state index in [1.54, 1.807) is 12.1 Å². The van der Waals surface area contributed by atoms with Gasteiger partial charge in [-0.1, -0.05) is 38.3 Å². The number of alkyl halides is 3. The van der Waals surface area contributed by atoms with E-state index in [0.29, 0.717) is 5.75 Å². The Hall–Kier alpha value is -2.50. The molecular formula is C21H24F3NO2. The van der Waals surface area contributed by atoms with Gasteiger partial charge >= 0.3 is 6.36 Å². The summed E-state index contributed by atoms with van der Waals surface area (Å²) in [5.74, 6) is 0.440. The molecule has 0 saturated carbocycles. The van der Waals surface area contributed by atoms with Crippen LogP contribution >= 0.6 is 0 Å². The third-order valence-electron chi connectivity index (χ3n) is 3.82. The summed E-state index contributed by atoms with van der Waals surface area (Å²) in [5, 5.41) is 0. The van der Waals surface area contributed by atoms with Gasteiger partial charge < -0.3 is 9.47 Å². The van der Waals surface area contributed by atoms with Crippen molar-refractivity contribution >= 4 is 6.21 Å². The molecule has 0 saturated heterocycles. The molecule has 6 heteroatoms. The van der Waals surface area contributed by atoms with Crippen molar-refractivity contribution in [1.82, 2.24) is 0 Å². The van der Waals surface area contributed by atoms with Crippen molar-refractivity contribution in [2.75, 3.05) is 6.54 Å². The van der Waals surface area contributed by atoms with Gasteiger partial charge in [-0.2, -0.15) is 0 Å². The Morgan fingerprint density at radius 1 is 0.889 bits per heavy atom. The number of hydrogen-bond acceptors (Lipinski definition) is 3. The van der Waals surface area contributed by atoms with Crippen molar-refractivity contribution in [3.05, 3.63) is 59.7 Å². The van der Waals surface area contributed by atoms with Gasteiger partial charge in [-0.3, -0.25) is 4.99 Å². The maximum Gasteiger partial charge on any atom is 0.573 e. The first kappa shape index (κ1) is 20.8. The maximum absolute atomic E-state index is 12.1. The van der Waals surface area contributed by atoms with E-state index >= 15 is 0 Å². The second kappa shape index (κ2) is 10.6. The first-order valence-electron chi connectivity index (χ1n) is 9.03. The van der Waals surface area contributed by atoms with Crippen LogP contribution in [0.25, 0.3) is 0 Å². The minimum absolute atomic E-state index is 0.246. The molecule has 0 fully saturated rings. The van der Waals surface area contributed by atoms with Gasteiger partial charge in [0.15, 0.2) is 0 Å². The van der Waals surface area contributed by atoms with Gasteiger partial charge in [-0.15, -0.1) is 13.2 Å². The van der Waals surface area contributed by atoms with Crippen LogP contribution in [0.15, 0.2) is 53.5 Å². The molecule has 0 atom stereocenters. The normalized spacial score (nSPS) is 11.7. The Morgan fingerprint density at radius 3 is 2.19 bits per heavy atom. The van der Waals surface area contributed by atoms with Gasteiger partial charge in [0, 0.05) is 12.8 Å². The highest BCUT2D eigenvalue weighted by molar-refractivity contribution is 5.79. The van der Waals surface area contributed by atoms with Gasteiger partial charge in [-0.05, 0) is 53.9 Å². The lowest BCUT2D eigenvalue weighted by Gasteiger charge is -2.10. The molecular weight excluding hydrogens is 355 g/mol. The van der Waals surface area contributed by atoms with Crippen molar-refractivity contribution < 1.29 is 22.6 Å². The molecule has 0 N–H and O–H groups in total. The van der Waals surface area contributed by atoms with E-state index in [4.69, 9.17) is 4.74 Å². The van der Waals surface area contributed by atoms with E-state index in [2.05, 4.69) is 16.7 Å². The fraction of sp³-hybridized carbons (Fsp3) is 0.381. The van der Waals surface area contributed by atoms with E-state index in [9.17, 15) is 13.2 Å². The van der Waals surface area contributed by atoms with Gasteiger partial charge in [-0.25, -0.2) is 0 Å². The number of rotatable bonds is 10. The minimum Gasteiger partial charge on any atom is -0.489 e. The molecule has 0 amide bonds. The van der Waals surface area contributed by atoms with Crippen LogP contribution in [0.3, 0.4) is 0 Å². The van der Waals surface area contributed by atoms with Gasteiger partial charge in [0.25, 0.3) is 0 Å². The molecule has 146 valence electrons. The lowest BCUT2D eigenvalue weighted by molar-refractivity contribution is -0.274. The summed E-state index contributed by atoms with van der Waals surface area (Å²) in [7, 11) is 0. The highest BCUT2D eigenvalue weighted by Gasteiger charge is 2.30. The number of unbranched alkanes of at least 4 members (excludes halogenated alkanes) is 3. The summed E-state index contributed by atoms with van der Waals surface area (Å²) >= 11 is 0. The molecule has 0 aliphatic heterocycles. The fourth-order valence-corrected chi connectivity index (χ4v) is 2.40. The van der Waals surface area contributed by atoms with Crippen LogP contribution in [0.1, 0.15) is 43.7 Å². The molecule has 0 aromatic heterocycles. The van der Waals surface area contributed by atoms with Crippen LogP contribution in [-0.4, -0.2) is 19.1 Å². The lowest BCUT2D eigenvalue weighted by atomic mass is 10.2. The number of benzene rings is 2. The van der Waals surface area contributed by atoms with E-state index < -0.39 is 6.36 Å². The molecule has 27 heavy (non-hydrogen) atoms. The summed E-state index contributed by atoms with van der Waals surface area (Å²) < 4.78 is 45.9. The van der Waals surface area contributed by atoms with Crippen LogP contribution < -0.4 is 9.47 Å². The lowest BCUT2D eigenvalue weighted by Crippen LogP contribution is -2.17.